The van der Waals surface area contributed by atoms with Crippen LogP contribution in [-0.2, 0) is 11.2 Å². The largest absolute Gasteiger partial charge is 0.481 e. The highest BCUT2D eigenvalue weighted by molar-refractivity contribution is 5.69. The fraction of sp³-hybridized carbons (Fsp3) is 0.750. The fourth-order valence-corrected chi connectivity index (χ4v) is 2.28. The number of aromatic nitrogens is 3. The highest BCUT2D eigenvalue weighted by Gasteiger charge is 2.32. The summed E-state index contributed by atoms with van der Waals surface area (Å²) in [5.41, 5.74) is 1.59. The molecule has 94 valence electrons. The predicted octanol–water partition coefficient (Wildman–Crippen LogP) is 2.00. The van der Waals surface area contributed by atoms with Crippen LogP contribution in [0.25, 0.3) is 0 Å². The van der Waals surface area contributed by atoms with Crippen molar-refractivity contribution >= 4 is 5.97 Å². The van der Waals surface area contributed by atoms with Crippen LogP contribution in [-0.4, -0.2) is 26.1 Å². The maximum absolute atomic E-state index is 10.8. The molecule has 0 spiro atoms. The lowest BCUT2D eigenvalue weighted by atomic mass is 10.1. The first kappa shape index (κ1) is 12.1. The number of carboxylic acids is 1. The molecule has 1 aliphatic rings. The van der Waals surface area contributed by atoms with Gasteiger partial charge in [0.05, 0.1) is 23.9 Å². The number of hydrogen-bond donors (Lipinski definition) is 1. The molecule has 0 bridgehead atoms. The molecule has 1 aliphatic carbocycles. The summed E-state index contributed by atoms with van der Waals surface area (Å²) in [7, 11) is 0. The second-order valence-corrected chi connectivity index (χ2v) is 5.17. The number of carbonyl (C=O) groups is 1. The van der Waals surface area contributed by atoms with Crippen molar-refractivity contribution in [2.45, 2.75) is 52.0 Å². The van der Waals surface area contributed by atoms with Gasteiger partial charge in [-0.3, -0.25) is 4.79 Å². The first-order valence-corrected chi connectivity index (χ1v) is 6.16. The minimum atomic E-state index is -0.849. The van der Waals surface area contributed by atoms with E-state index in [-0.39, 0.29) is 12.3 Å². The Kier molecular flexibility index (Phi) is 3.17. The second kappa shape index (κ2) is 4.47. The third-order valence-corrected chi connectivity index (χ3v) is 3.36. The Labute approximate surface area is 101 Å². The Bertz CT molecular complexity index is 421. The van der Waals surface area contributed by atoms with Gasteiger partial charge in [-0.2, -0.15) is 0 Å². The van der Waals surface area contributed by atoms with E-state index in [1.54, 1.807) is 0 Å². The summed E-state index contributed by atoms with van der Waals surface area (Å²) in [6.07, 6.45) is 2.45. The van der Waals surface area contributed by atoms with Crippen LogP contribution in [0, 0.1) is 5.92 Å². The Balaban J connectivity index is 2.31. The van der Waals surface area contributed by atoms with Gasteiger partial charge in [-0.1, -0.05) is 19.1 Å². The summed E-state index contributed by atoms with van der Waals surface area (Å²) < 4.78 is 1.93. The van der Waals surface area contributed by atoms with Gasteiger partial charge in [0.25, 0.3) is 0 Å². The SMILES string of the molecule is CC(C)c1c(CC(=O)O)nnn1C(C)C1CC1. The van der Waals surface area contributed by atoms with Gasteiger partial charge >= 0.3 is 5.97 Å². The standard InChI is InChI=1S/C12H19N3O2/c1-7(2)12-10(6-11(16)17)13-14-15(12)8(3)9-4-5-9/h7-9H,4-6H2,1-3H3,(H,16,17). The molecule has 17 heavy (non-hydrogen) atoms. The van der Waals surface area contributed by atoms with Gasteiger partial charge in [-0.25, -0.2) is 4.68 Å². The summed E-state index contributed by atoms with van der Waals surface area (Å²) >= 11 is 0. The van der Waals surface area contributed by atoms with Crippen molar-refractivity contribution in [1.29, 1.82) is 0 Å². The van der Waals surface area contributed by atoms with Crippen LogP contribution >= 0.6 is 0 Å². The van der Waals surface area contributed by atoms with E-state index in [0.717, 1.165) is 5.69 Å². The Morgan fingerprint density at radius 1 is 1.47 bits per heavy atom. The Morgan fingerprint density at radius 3 is 2.59 bits per heavy atom. The minimum Gasteiger partial charge on any atom is -0.481 e. The van der Waals surface area contributed by atoms with Gasteiger partial charge in [0.15, 0.2) is 0 Å². The first-order chi connectivity index (χ1) is 8.00. The van der Waals surface area contributed by atoms with Crippen LogP contribution in [0.3, 0.4) is 0 Å². The Hall–Kier alpha value is -1.39. The van der Waals surface area contributed by atoms with Crippen molar-refractivity contribution in [3.05, 3.63) is 11.4 Å². The lowest BCUT2D eigenvalue weighted by molar-refractivity contribution is -0.136. The van der Waals surface area contributed by atoms with Crippen LogP contribution in [0.4, 0.5) is 0 Å². The molecule has 5 heteroatoms. The van der Waals surface area contributed by atoms with Crippen molar-refractivity contribution in [3.63, 3.8) is 0 Å². The highest BCUT2D eigenvalue weighted by Crippen LogP contribution is 2.40. The third kappa shape index (κ3) is 2.48. The van der Waals surface area contributed by atoms with Crippen molar-refractivity contribution in [2.24, 2.45) is 5.92 Å². The predicted molar refractivity (Wildman–Crippen MR) is 62.9 cm³/mol. The maximum Gasteiger partial charge on any atom is 0.309 e. The van der Waals surface area contributed by atoms with Crippen LogP contribution in [0.15, 0.2) is 0 Å². The van der Waals surface area contributed by atoms with E-state index in [4.69, 9.17) is 5.11 Å². The molecule has 1 saturated carbocycles. The van der Waals surface area contributed by atoms with Crippen LogP contribution in [0.5, 0.6) is 0 Å². The quantitative estimate of drug-likeness (QED) is 0.850. The van der Waals surface area contributed by atoms with Crippen molar-refractivity contribution in [1.82, 2.24) is 15.0 Å². The molecule has 1 N–H and O–H groups in total. The lowest BCUT2D eigenvalue weighted by Gasteiger charge is -2.16. The van der Waals surface area contributed by atoms with Gasteiger partial charge in [0.2, 0.25) is 0 Å². The van der Waals surface area contributed by atoms with Crippen molar-refractivity contribution < 1.29 is 9.90 Å². The summed E-state index contributed by atoms with van der Waals surface area (Å²) in [5.74, 6) is 0.0884. The molecule has 1 fully saturated rings. The highest BCUT2D eigenvalue weighted by atomic mass is 16.4. The summed E-state index contributed by atoms with van der Waals surface area (Å²) in [6.45, 7) is 6.25. The molecule has 1 unspecified atom stereocenters. The lowest BCUT2D eigenvalue weighted by Crippen LogP contribution is -2.15. The normalized spacial score (nSPS) is 17.4. The minimum absolute atomic E-state index is 0.0368. The molecule has 0 aliphatic heterocycles. The molecule has 0 saturated heterocycles. The Morgan fingerprint density at radius 2 is 2.12 bits per heavy atom. The van der Waals surface area contributed by atoms with Crippen LogP contribution < -0.4 is 0 Å². The number of nitrogens with zero attached hydrogens (tertiary/aromatic N) is 3. The average Bonchev–Trinajstić information content (AvgIpc) is 2.98. The number of hydrogen-bond acceptors (Lipinski definition) is 3. The molecule has 1 heterocycles. The fourth-order valence-electron chi connectivity index (χ4n) is 2.28. The van der Waals surface area contributed by atoms with E-state index in [2.05, 4.69) is 31.1 Å². The van der Waals surface area contributed by atoms with Gasteiger partial charge in [-0.05, 0) is 31.6 Å². The molecule has 2 rings (SSSR count). The topological polar surface area (TPSA) is 68.0 Å². The number of rotatable bonds is 5. The van der Waals surface area contributed by atoms with Crippen molar-refractivity contribution in [3.8, 4) is 0 Å². The maximum atomic E-state index is 10.8. The molecule has 1 aromatic heterocycles. The first-order valence-electron chi connectivity index (χ1n) is 6.16. The molecule has 0 aromatic carbocycles. The van der Waals surface area contributed by atoms with E-state index < -0.39 is 5.97 Å². The molecule has 0 amide bonds. The van der Waals surface area contributed by atoms with E-state index in [0.29, 0.717) is 17.7 Å². The van der Waals surface area contributed by atoms with E-state index >= 15 is 0 Å². The number of carboxylic acid groups (broad SMARTS) is 1. The third-order valence-electron chi connectivity index (χ3n) is 3.36. The van der Waals surface area contributed by atoms with Gasteiger partial charge in [-0.15, -0.1) is 5.10 Å². The van der Waals surface area contributed by atoms with Crippen LogP contribution in [0.1, 0.15) is 57.0 Å². The molecule has 0 radical (unpaired) electrons. The van der Waals surface area contributed by atoms with E-state index in [1.807, 2.05) is 4.68 Å². The zero-order valence-electron chi connectivity index (χ0n) is 10.6. The van der Waals surface area contributed by atoms with Gasteiger partial charge in [0, 0.05) is 0 Å². The molecular formula is C12H19N3O2. The zero-order valence-corrected chi connectivity index (χ0v) is 10.6. The average molecular weight is 237 g/mol. The van der Waals surface area contributed by atoms with Gasteiger partial charge < -0.3 is 5.11 Å². The smallest absolute Gasteiger partial charge is 0.309 e. The molecular weight excluding hydrogens is 218 g/mol. The summed E-state index contributed by atoms with van der Waals surface area (Å²) in [6, 6.07) is 0.336. The van der Waals surface area contributed by atoms with Crippen molar-refractivity contribution in [2.75, 3.05) is 0 Å². The molecule has 5 nitrogen and oxygen atoms in total. The number of aliphatic carboxylic acids is 1. The van der Waals surface area contributed by atoms with Crippen LogP contribution in [0.2, 0.25) is 0 Å². The summed E-state index contributed by atoms with van der Waals surface area (Å²) in [5, 5.41) is 17.1. The second-order valence-electron chi connectivity index (χ2n) is 5.17. The zero-order chi connectivity index (χ0) is 12.6. The van der Waals surface area contributed by atoms with E-state index in [9.17, 15) is 4.79 Å². The summed E-state index contributed by atoms with van der Waals surface area (Å²) in [4.78, 5) is 10.8. The van der Waals surface area contributed by atoms with Gasteiger partial charge in [0.1, 0.15) is 0 Å². The molecule has 1 aromatic rings. The van der Waals surface area contributed by atoms with E-state index in [1.165, 1.54) is 12.8 Å². The molecule has 1 atom stereocenters. The monoisotopic (exact) mass is 237 g/mol.